The van der Waals surface area contributed by atoms with Crippen LogP contribution in [-0.2, 0) is 60.6 Å². The van der Waals surface area contributed by atoms with Crippen LogP contribution >= 0.6 is 0 Å². The zero-order valence-electron chi connectivity index (χ0n) is 37.6. The summed E-state index contributed by atoms with van der Waals surface area (Å²) < 4.78 is 71.5. The summed E-state index contributed by atoms with van der Waals surface area (Å²) in [5, 5.41) is 0. The van der Waals surface area contributed by atoms with Gasteiger partial charge in [0, 0.05) is 12.5 Å². The van der Waals surface area contributed by atoms with E-state index in [-0.39, 0.29) is 44.2 Å². The standard InChI is InChI=1S/C53H53NO14/c1-4-28-60-47-45-42(32-62-51(67-45)36-20-12-7-13-21-36)66-53(48(47)63-33(2)55)68-44-41(31-59-29-34-16-8-5-9-17-34)65-52(64-38-26-24-37(58-3)25-27-38)43(46(44)61-30-35-18-10-6-11-19-35)54-49(56)39-22-14-15-23-40(39)50(54)57/h4-27,41-48,51-53H,1,28-32H2,2-3H3/t41-,42-,43-,44-,45-,46-,47+,48-,51-,52-,53+/m1/s1. The second-order valence-electron chi connectivity index (χ2n) is 16.6. The van der Waals surface area contributed by atoms with E-state index in [2.05, 4.69) is 6.58 Å². The van der Waals surface area contributed by atoms with Crippen molar-refractivity contribution in [2.24, 2.45) is 0 Å². The van der Waals surface area contributed by atoms with Gasteiger partial charge in [0.05, 0.1) is 51.3 Å². The van der Waals surface area contributed by atoms with E-state index in [0.29, 0.717) is 11.5 Å². The highest BCUT2D eigenvalue weighted by Gasteiger charge is 2.59. The largest absolute Gasteiger partial charge is 0.497 e. The van der Waals surface area contributed by atoms with Crippen molar-refractivity contribution in [3.8, 4) is 11.5 Å². The van der Waals surface area contributed by atoms with Crippen LogP contribution in [0.5, 0.6) is 11.5 Å². The topological polar surface area (TPSA) is 156 Å². The molecule has 354 valence electrons. The Morgan fingerprint density at radius 3 is 1.94 bits per heavy atom. The van der Waals surface area contributed by atoms with Gasteiger partial charge in [-0.15, -0.1) is 6.58 Å². The van der Waals surface area contributed by atoms with Crippen LogP contribution in [0.15, 0.2) is 152 Å². The van der Waals surface area contributed by atoms with Gasteiger partial charge >= 0.3 is 5.97 Å². The Hall–Kier alpha value is -6.27. The van der Waals surface area contributed by atoms with Gasteiger partial charge in [-0.2, -0.15) is 0 Å². The third kappa shape index (κ3) is 10.4. The summed E-state index contributed by atoms with van der Waals surface area (Å²) in [6.07, 6.45) is -9.20. The van der Waals surface area contributed by atoms with Gasteiger partial charge in [0.15, 0.2) is 18.7 Å². The molecule has 0 saturated carbocycles. The van der Waals surface area contributed by atoms with Crippen LogP contribution in [0.1, 0.15) is 50.6 Å². The Bertz CT molecular complexity index is 2440. The molecule has 0 spiro atoms. The number of carbonyl (C=O) groups is 3. The molecule has 0 radical (unpaired) electrons. The average molecular weight is 928 g/mol. The number of esters is 1. The second-order valence-corrected chi connectivity index (χ2v) is 16.6. The monoisotopic (exact) mass is 927 g/mol. The number of nitrogens with zero attached hydrogens (tertiary/aromatic N) is 1. The summed E-state index contributed by atoms with van der Waals surface area (Å²) >= 11 is 0. The molecule has 5 aromatic carbocycles. The van der Waals surface area contributed by atoms with Gasteiger partial charge in [0.25, 0.3) is 11.8 Å². The predicted molar refractivity (Wildman–Crippen MR) is 243 cm³/mol. The molecule has 15 heteroatoms. The van der Waals surface area contributed by atoms with E-state index in [4.69, 9.17) is 52.1 Å². The fourth-order valence-corrected chi connectivity index (χ4v) is 8.93. The molecule has 4 heterocycles. The lowest BCUT2D eigenvalue weighted by Crippen LogP contribution is -2.70. The summed E-state index contributed by atoms with van der Waals surface area (Å²) in [6, 6.07) is 40.6. The smallest absolute Gasteiger partial charge is 0.303 e. The lowest BCUT2D eigenvalue weighted by Gasteiger charge is -2.52. The Balaban J connectivity index is 1.13. The van der Waals surface area contributed by atoms with Crippen LogP contribution in [0.25, 0.3) is 0 Å². The molecule has 11 atom stereocenters. The van der Waals surface area contributed by atoms with E-state index < -0.39 is 85.4 Å². The van der Waals surface area contributed by atoms with Crippen molar-refractivity contribution in [2.75, 3.05) is 26.9 Å². The minimum absolute atomic E-state index is 0.00903. The van der Waals surface area contributed by atoms with Crippen molar-refractivity contribution < 1.29 is 66.5 Å². The number of benzene rings is 5. The van der Waals surface area contributed by atoms with E-state index >= 15 is 0 Å². The van der Waals surface area contributed by atoms with E-state index in [1.165, 1.54) is 6.92 Å². The summed E-state index contributed by atoms with van der Waals surface area (Å²) in [6.45, 7) is 5.37. The quantitative estimate of drug-likeness (QED) is 0.0503. The first-order valence-corrected chi connectivity index (χ1v) is 22.5. The van der Waals surface area contributed by atoms with Crippen LogP contribution in [0.3, 0.4) is 0 Å². The van der Waals surface area contributed by atoms with E-state index in [1.807, 2.05) is 91.0 Å². The van der Waals surface area contributed by atoms with Gasteiger partial charge in [-0.1, -0.05) is 109 Å². The number of rotatable bonds is 18. The fourth-order valence-electron chi connectivity index (χ4n) is 8.93. The minimum Gasteiger partial charge on any atom is -0.497 e. The molecule has 0 aliphatic carbocycles. The third-order valence-corrected chi connectivity index (χ3v) is 12.1. The molecule has 15 nitrogen and oxygen atoms in total. The number of imide groups is 1. The molecule has 4 aliphatic rings. The first-order chi connectivity index (χ1) is 33.3. The average Bonchev–Trinajstić information content (AvgIpc) is 3.62. The number of amides is 2. The molecule has 5 aromatic rings. The number of ether oxygens (including phenoxy) is 11. The van der Waals surface area contributed by atoms with Gasteiger partial charge in [0.2, 0.25) is 6.29 Å². The molecule has 4 aliphatic heterocycles. The molecule has 9 rings (SSSR count). The van der Waals surface area contributed by atoms with Crippen LogP contribution in [0.4, 0.5) is 0 Å². The Kier molecular flexibility index (Phi) is 15.0. The molecule has 0 unspecified atom stereocenters. The molecule has 0 bridgehead atoms. The van der Waals surface area contributed by atoms with Crippen molar-refractivity contribution in [1.29, 1.82) is 0 Å². The van der Waals surface area contributed by atoms with Crippen LogP contribution in [0.2, 0.25) is 0 Å². The summed E-state index contributed by atoms with van der Waals surface area (Å²) in [5.74, 6) is -0.857. The molecular weight excluding hydrogens is 875 g/mol. The molecule has 3 fully saturated rings. The number of hydrogen-bond donors (Lipinski definition) is 0. The lowest BCUT2D eigenvalue weighted by molar-refractivity contribution is -0.385. The van der Waals surface area contributed by atoms with E-state index in [0.717, 1.165) is 21.6 Å². The lowest BCUT2D eigenvalue weighted by atomic mass is 9.93. The maximum Gasteiger partial charge on any atom is 0.303 e. The van der Waals surface area contributed by atoms with Gasteiger partial charge in [-0.3, -0.25) is 19.3 Å². The van der Waals surface area contributed by atoms with Crippen molar-refractivity contribution in [2.45, 2.75) is 87.8 Å². The Morgan fingerprint density at radius 2 is 1.31 bits per heavy atom. The first kappa shape index (κ1) is 46.8. The third-order valence-electron chi connectivity index (χ3n) is 12.1. The molecular formula is C53H53NO14. The molecule has 2 amide bonds. The molecule has 0 aromatic heterocycles. The maximum absolute atomic E-state index is 14.6. The van der Waals surface area contributed by atoms with Gasteiger partial charge < -0.3 is 52.1 Å². The number of methoxy groups -OCH3 is 1. The van der Waals surface area contributed by atoms with E-state index in [9.17, 15) is 14.4 Å². The van der Waals surface area contributed by atoms with Gasteiger partial charge in [-0.05, 0) is 47.5 Å². The van der Waals surface area contributed by atoms with E-state index in [1.54, 1.807) is 61.7 Å². The van der Waals surface area contributed by atoms with Crippen molar-refractivity contribution in [3.63, 3.8) is 0 Å². The fraction of sp³-hybridized carbons (Fsp3) is 0.340. The maximum atomic E-state index is 14.6. The minimum atomic E-state index is -1.38. The first-order valence-electron chi connectivity index (χ1n) is 22.5. The number of fused-ring (bicyclic) bond motifs is 2. The highest BCUT2D eigenvalue weighted by atomic mass is 16.8. The van der Waals surface area contributed by atoms with Crippen LogP contribution in [-0.4, -0.2) is 111 Å². The van der Waals surface area contributed by atoms with Crippen molar-refractivity contribution >= 4 is 17.8 Å². The number of carbonyl (C=O) groups excluding carboxylic acids is 3. The molecule has 3 saturated heterocycles. The number of hydrogen-bond acceptors (Lipinski definition) is 14. The Morgan fingerprint density at radius 1 is 0.691 bits per heavy atom. The second kappa shape index (κ2) is 21.8. The summed E-state index contributed by atoms with van der Waals surface area (Å²) in [4.78, 5) is 43.5. The van der Waals surface area contributed by atoms with Crippen LogP contribution in [0, 0.1) is 0 Å². The summed E-state index contributed by atoms with van der Waals surface area (Å²) in [5.41, 5.74) is 2.88. The zero-order valence-corrected chi connectivity index (χ0v) is 37.6. The normalized spacial score (nSPS) is 27.7. The predicted octanol–water partition coefficient (Wildman–Crippen LogP) is 6.99. The highest BCUT2D eigenvalue weighted by molar-refractivity contribution is 6.21. The Labute approximate surface area is 394 Å². The molecule has 68 heavy (non-hydrogen) atoms. The molecule has 0 N–H and O–H groups in total. The van der Waals surface area contributed by atoms with Crippen molar-refractivity contribution in [3.05, 3.63) is 180 Å². The summed E-state index contributed by atoms with van der Waals surface area (Å²) in [7, 11) is 1.55. The van der Waals surface area contributed by atoms with Crippen molar-refractivity contribution in [1.82, 2.24) is 4.90 Å². The zero-order chi connectivity index (χ0) is 47.0. The van der Waals surface area contributed by atoms with Crippen LogP contribution < -0.4 is 9.47 Å². The van der Waals surface area contributed by atoms with Gasteiger partial charge in [-0.25, -0.2) is 0 Å². The highest BCUT2D eigenvalue weighted by Crippen LogP contribution is 2.41. The van der Waals surface area contributed by atoms with Gasteiger partial charge in [0.1, 0.15) is 54.2 Å². The SMILES string of the molecule is C=CCO[C@@H]1[C@@H](OC(C)=O)[C@H](O[C@H]2[C@H](OCc3ccccc3)[C@@H](N3C(=O)c4ccccc4C3=O)[C@H](Oc3ccc(OC)cc3)O[C@@H]2COCc2ccccc2)O[C@@H]2CO[C@@H](c3ccccc3)O[C@@H]12.